The van der Waals surface area contributed by atoms with Gasteiger partial charge in [-0.1, -0.05) is 18.2 Å². The van der Waals surface area contributed by atoms with Gasteiger partial charge < -0.3 is 0 Å². The van der Waals surface area contributed by atoms with Crippen LogP contribution in [0.25, 0.3) is 5.57 Å². The van der Waals surface area contributed by atoms with E-state index in [4.69, 9.17) is 0 Å². The van der Waals surface area contributed by atoms with Crippen LogP contribution in [0.3, 0.4) is 0 Å². The number of nitrogens with zero attached hydrogens (tertiary/aromatic N) is 1. The first kappa shape index (κ1) is 22.0. The van der Waals surface area contributed by atoms with Crippen LogP contribution in [0.4, 0.5) is 17.6 Å². The Kier molecular flexibility index (Phi) is 6.25. The van der Waals surface area contributed by atoms with Gasteiger partial charge in [0.2, 0.25) is 0 Å². The fraction of sp³-hybridized carbons (Fsp3) is 0.391. The van der Waals surface area contributed by atoms with Crippen molar-refractivity contribution >= 4 is 22.6 Å². The van der Waals surface area contributed by atoms with E-state index in [2.05, 4.69) is 18.9 Å². The van der Waals surface area contributed by atoms with E-state index in [1.807, 2.05) is 6.08 Å². The molecular formula is C23H24BrF4N. The van der Waals surface area contributed by atoms with Gasteiger partial charge in [-0.15, -0.1) is 17.0 Å². The first-order valence-electron chi connectivity index (χ1n) is 9.63. The number of fused-ring (bicyclic) bond motifs is 2. The third kappa shape index (κ3) is 4.15. The van der Waals surface area contributed by atoms with Crippen LogP contribution in [-0.2, 0) is 0 Å². The number of benzene rings is 2. The first-order chi connectivity index (χ1) is 13.3. The van der Waals surface area contributed by atoms with Crippen molar-refractivity contribution in [2.45, 2.75) is 44.2 Å². The molecule has 2 aromatic carbocycles. The van der Waals surface area contributed by atoms with Crippen molar-refractivity contribution in [3.05, 3.63) is 76.9 Å². The van der Waals surface area contributed by atoms with Crippen LogP contribution >= 0.6 is 17.0 Å². The second-order valence-electron chi connectivity index (χ2n) is 8.32. The molecule has 156 valence electrons. The Morgan fingerprint density at radius 2 is 1.48 bits per heavy atom. The number of piperidine rings is 1. The smallest absolute Gasteiger partial charge is 0.159 e. The predicted octanol–water partition coefficient (Wildman–Crippen LogP) is 6.52. The van der Waals surface area contributed by atoms with Gasteiger partial charge in [0.25, 0.3) is 0 Å². The van der Waals surface area contributed by atoms with E-state index >= 15 is 0 Å². The predicted molar refractivity (Wildman–Crippen MR) is 112 cm³/mol. The highest BCUT2D eigenvalue weighted by molar-refractivity contribution is 8.93. The average Bonchev–Trinajstić information content (AvgIpc) is 3.07. The van der Waals surface area contributed by atoms with Crippen molar-refractivity contribution in [2.75, 3.05) is 7.05 Å². The fourth-order valence-corrected chi connectivity index (χ4v) is 4.86. The summed E-state index contributed by atoms with van der Waals surface area (Å²) in [6.45, 7) is 2.12. The molecule has 0 amide bonds. The van der Waals surface area contributed by atoms with Crippen LogP contribution in [-0.4, -0.2) is 23.5 Å². The van der Waals surface area contributed by atoms with E-state index < -0.39 is 23.3 Å². The minimum Gasteiger partial charge on any atom is -0.295 e. The Balaban J connectivity index is 0.00000240. The molecule has 3 atom stereocenters. The summed E-state index contributed by atoms with van der Waals surface area (Å²) >= 11 is 0. The highest BCUT2D eigenvalue weighted by Gasteiger charge is 2.44. The van der Waals surface area contributed by atoms with E-state index in [0.717, 1.165) is 37.1 Å². The third-order valence-corrected chi connectivity index (χ3v) is 6.49. The quantitative estimate of drug-likeness (QED) is 0.462. The van der Waals surface area contributed by atoms with Gasteiger partial charge in [-0.2, -0.15) is 0 Å². The molecule has 1 aliphatic carbocycles. The van der Waals surface area contributed by atoms with Crippen LogP contribution < -0.4 is 0 Å². The van der Waals surface area contributed by atoms with Crippen LogP contribution in [0.15, 0.2) is 42.5 Å². The van der Waals surface area contributed by atoms with Gasteiger partial charge in [0.05, 0.1) is 0 Å². The maximum absolute atomic E-state index is 13.9. The van der Waals surface area contributed by atoms with Crippen LogP contribution in [0, 0.1) is 29.2 Å². The zero-order valence-corrected chi connectivity index (χ0v) is 18.1. The molecule has 2 aliphatic rings. The lowest BCUT2D eigenvalue weighted by Gasteiger charge is -2.45. The summed E-state index contributed by atoms with van der Waals surface area (Å²) in [7, 11) is 2.08. The lowest BCUT2D eigenvalue weighted by Crippen LogP contribution is -2.51. The molecule has 6 heteroatoms. The zero-order chi connectivity index (χ0) is 20.1. The van der Waals surface area contributed by atoms with E-state index in [-0.39, 0.29) is 22.5 Å². The molecule has 0 aromatic heterocycles. The Bertz CT molecular complexity index is 891. The molecule has 4 rings (SSSR count). The van der Waals surface area contributed by atoms with Crippen molar-refractivity contribution in [3.63, 3.8) is 0 Å². The van der Waals surface area contributed by atoms with Gasteiger partial charge in [0.15, 0.2) is 23.3 Å². The van der Waals surface area contributed by atoms with Crippen LogP contribution in [0.2, 0.25) is 0 Å². The Labute approximate surface area is 179 Å². The van der Waals surface area contributed by atoms with Crippen molar-refractivity contribution in [1.29, 1.82) is 0 Å². The maximum Gasteiger partial charge on any atom is 0.159 e. The molecule has 1 saturated heterocycles. The monoisotopic (exact) mass is 469 g/mol. The largest absolute Gasteiger partial charge is 0.295 e. The molecule has 1 nitrogen and oxygen atoms in total. The molecule has 2 fully saturated rings. The van der Waals surface area contributed by atoms with E-state index in [0.29, 0.717) is 28.7 Å². The summed E-state index contributed by atoms with van der Waals surface area (Å²) < 4.78 is 54.8. The maximum atomic E-state index is 13.9. The number of likely N-dealkylation sites (tertiary alicyclic amines) is 1. The molecule has 1 saturated carbocycles. The number of hydrogen-bond acceptors (Lipinski definition) is 1. The van der Waals surface area contributed by atoms with Gasteiger partial charge >= 0.3 is 0 Å². The summed E-state index contributed by atoms with van der Waals surface area (Å²) in [6, 6.07) is 7.80. The van der Waals surface area contributed by atoms with Crippen molar-refractivity contribution in [1.82, 2.24) is 4.90 Å². The van der Waals surface area contributed by atoms with Gasteiger partial charge in [-0.05, 0) is 86.5 Å². The summed E-state index contributed by atoms with van der Waals surface area (Å²) in [6.07, 6.45) is 6.46. The van der Waals surface area contributed by atoms with Crippen molar-refractivity contribution in [2.24, 2.45) is 5.92 Å². The fourth-order valence-electron chi connectivity index (χ4n) is 4.86. The Morgan fingerprint density at radius 1 is 0.931 bits per heavy atom. The van der Waals surface area contributed by atoms with Gasteiger partial charge in [0, 0.05) is 11.6 Å². The number of halogens is 5. The molecule has 29 heavy (non-hydrogen) atoms. The molecule has 2 bridgehead atoms. The normalized spacial score (nSPS) is 26.1. The Morgan fingerprint density at radius 3 is 2.00 bits per heavy atom. The van der Waals surface area contributed by atoms with E-state index in [1.54, 1.807) is 0 Å². The summed E-state index contributed by atoms with van der Waals surface area (Å²) in [4.78, 5) is 2.33. The molecule has 0 spiro atoms. The van der Waals surface area contributed by atoms with Crippen molar-refractivity contribution < 1.29 is 17.6 Å². The molecule has 3 unspecified atom stereocenters. The third-order valence-electron chi connectivity index (χ3n) is 6.49. The van der Waals surface area contributed by atoms with E-state index in [1.165, 1.54) is 25.0 Å². The Hall–Kier alpha value is -1.66. The highest BCUT2D eigenvalue weighted by atomic mass is 79.9. The second kappa shape index (κ2) is 8.23. The number of rotatable bonds is 3. The first-order valence-corrected chi connectivity index (χ1v) is 9.63. The van der Waals surface area contributed by atoms with E-state index in [9.17, 15) is 17.6 Å². The standard InChI is InChI=1S/C23H23F4N.BrH/c1-23(12-14-3-6-17(9-14)28(23)2)13-18(15-4-7-19(24)21(26)10-15)16-5-8-20(25)22(27)11-16;/h4-5,7-8,10-11,13-14,17H,3,6,9,12H2,1-2H3;1H. The number of likely N-dealkylation sites (N-methyl/N-ethyl adjacent to an activating group) is 1. The second-order valence-corrected chi connectivity index (χ2v) is 8.32. The zero-order valence-electron chi connectivity index (χ0n) is 16.4. The molecule has 0 N–H and O–H groups in total. The molecule has 1 heterocycles. The van der Waals surface area contributed by atoms with Crippen LogP contribution in [0.1, 0.15) is 43.7 Å². The topological polar surface area (TPSA) is 3.24 Å². The SMILES string of the molecule is Br.CN1C2CCC(C2)CC1(C)C=C(c1ccc(F)c(F)c1)c1ccc(F)c(F)c1. The lowest BCUT2D eigenvalue weighted by atomic mass is 9.79. The van der Waals surface area contributed by atoms with Gasteiger partial charge in [0.1, 0.15) is 0 Å². The summed E-state index contributed by atoms with van der Waals surface area (Å²) in [5, 5.41) is 0. The van der Waals surface area contributed by atoms with Crippen molar-refractivity contribution in [3.8, 4) is 0 Å². The van der Waals surface area contributed by atoms with Crippen LogP contribution in [0.5, 0.6) is 0 Å². The molecule has 0 radical (unpaired) electrons. The minimum absolute atomic E-state index is 0. The summed E-state index contributed by atoms with van der Waals surface area (Å²) in [5.74, 6) is -3.18. The lowest BCUT2D eigenvalue weighted by molar-refractivity contribution is 0.0756. The average molecular weight is 470 g/mol. The van der Waals surface area contributed by atoms with Gasteiger partial charge in [-0.3, -0.25) is 4.90 Å². The summed E-state index contributed by atoms with van der Waals surface area (Å²) in [5.41, 5.74) is 1.15. The molecule has 1 aliphatic heterocycles. The molecular weight excluding hydrogens is 446 g/mol. The van der Waals surface area contributed by atoms with Gasteiger partial charge in [-0.25, -0.2) is 17.6 Å². The minimum atomic E-state index is -0.965. The molecule has 2 aromatic rings. The number of hydrogen-bond donors (Lipinski definition) is 0. The highest BCUT2D eigenvalue weighted by Crippen LogP contribution is 2.45.